The summed E-state index contributed by atoms with van der Waals surface area (Å²) < 4.78 is 15.5. The van der Waals surface area contributed by atoms with Crippen molar-refractivity contribution in [3.05, 3.63) is 59.1 Å². The number of para-hydroxylation sites is 1. The summed E-state index contributed by atoms with van der Waals surface area (Å²) in [7, 11) is 0. The van der Waals surface area contributed by atoms with Crippen LogP contribution in [0, 0.1) is 0 Å². The number of aromatic nitrogens is 2. The van der Waals surface area contributed by atoms with E-state index in [2.05, 4.69) is 10.1 Å². The van der Waals surface area contributed by atoms with E-state index in [1.165, 1.54) is 6.26 Å². The zero-order chi connectivity index (χ0) is 14.2. The van der Waals surface area contributed by atoms with E-state index in [1.807, 2.05) is 12.1 Å². The van der Waals surface area contributed by atoms with Crippen LogP contribution in [0.3, 0.4) is 0 Å². The Kier molecular flexibility index (Phi) is 2.47. The third kappa shape index (κ3) is 1.93. The van der Waals surface area contributed by atoms with E-state index in [0.29, 0.717) is 11.3 Å². The van der Waals surface area contributed by atoms with Crippen LogP contribution in [0.5, 0.6) is 0 Å². The van der Waals surface area contributed by atoms with Crippen molar-refractivity contribution in [3.8, 4) is 23.0 Å². The molecule has 0 radical (unpaired) electrons. The summed E-state index contributed by atoms with van der Waals surface area (Å²) in [5, 5.41) is 4.58. The Morgan fingerprint density at radius 2 is 1.95 bits per heavy atom. The highest BCUT2D eigenvalue weighted by atomic mass is 16.5. The second-order valence-electron chi connectivity index (χ2n) is 4.39. The molecule has 0 amide bonds. The smallest absolute Gasteiger partial charge is 0.349 e. The van der Waals surface area contributed by atoms with Gasteiger partial charge in [-0.15, -0.1) is 0 Å². The third-order valence-electron chi connectivity index (χ3n) is 3.04. The maximum Gasteiger partial charge on any atom is 0.349 e. The summed E-state index contributed by atoms with van der Waals surface area (Å²) >= 11 is 0. The molecule has 0 saturated heterocycles. The van der Waals surface area contributed by atoms with Crippen LogP contribution in [0.4, 0.5) is 0 Å². The number of nitrogens with zero attached hydrogens (tertiary/aromatic N) is 2. The van der Waals surface area contributed by atoms with Gasteiger partial charge >= 0.3 is 5.63 Å². The Balaban J connectivity index is 1.87. The van der Waals surface area contributed by atoms with Gasteiger partial charge in [0.2, 0.25) is 5.82 Å². The maximum absolute atomic E-state index is 12.0. The molecule has 0 aliphatic carbocycles. The lowest BCUT2D eigenvalue weighted by atomic mass is 10.2. The largest absolute Gasteiger partial charge is 0.461 e. The number of hydrogen-bond donors (Lipinski definition) is 0. The summed E-state index contributed by atoms with van der Waals surface area (Å²) in [6, 6.07) is 12.3. The van der Waals surface area contributed by atoms with Gasteiger partial charge in [0.25, 0.3) is 5.89 Å². The van der Waals surface area contributed by atoms with Crippen molar-refractivity contribution in [1.82, 2.24) is 10.1 Å². The summed E-state index contributed by atoms with van der Waals surface area (Å²) in [6.45, 7) is 0. The number of fused-ring (bicyclic) bond motifs is 1. The highest BCUT2D eigenvalue weighted by molar-refractivity contribution is 5.80. The van der Waals surface area contributed by atoms with Crippen LogP contribution < -0.4 is 5.63 Å². The average molecular weight is 280 g/mol. The second kappa shape index (κ2) is 4.45. The highest BCUT2D eigenvalue weighted by Crippen LogP contribution is 2.22. The summed E-state index contributed by atoms with van der Waals surface area (Å²) in [6.07, 6.45) is 1.51. The van der Waals surface area contributed by atoms with Gasteiger partial charge < -0.3 is 13.4 Å². The number of rotatable bonds is 2. The van der Waals surface area contributed by atoms with Crippen LogP contribution in [-0.2, 0) is 0 Å². The Labute approximate surface area is 117 Å². The van der Waals surface area contributed by atoms with Crippen LogP contribution in [-0.4, -0.2) is 10.1 Å². The number of benzene rings is 1. The predicted molar refractivity (Wildman–Crippen MR) is 73.5 cm³/mol. The first-order valence-electron chi connectivity index (χ1n) is 6.22. The molecule has 0 spiro atoms. The molecule has 0 aliphatic rings. The van der Waals surface area contributed by atoms with Gasteiger partial charge in [-0.3, -0.25) is 0 Å². The van der Waals surface area contributed by atoms with Gasteiger partial charge in [-0.25, -0.2) is 4.79 Å². The van der Waals surface area contributed by atoms with E-state index in [4.69, 9.17) is 13.4 Å². The quantitative estimate of drug-likeness (QED) is 0.525. The van der Waals surface area contributed by atoms with E-state index in [0.717, 1.165) is 5.39 Å². The normalized spacial score (nSPS) is 11.0. The van der Waals surface area contributed by atoms with E-state index < -0.39 is 5.63 Å². The predicted octanol–water partition coefficient (Wildman–Crippen LogP) is 3.10. The first kappa shape index (κ1) is 11.7. The Hall–Kier alpha value is -3.15. The van der Waals surface area contributed by atoms with Crippen molar-refractivity contribution < 1.29 is 13.4 Å². The Bertz CT molecular complexity index is 967. The molecule has 0 atom stereocenters. The monoisotopic (exact) mass is 280 g/mol. The number of furan rings is 1. The minimum absolute atomic E-state index is 0.0981. The lowest BCUT2D eigenvalue weighted by Gasteiger charge is -1.97. The minimum atomic E-state index is -0.525. The molecule has 0 N–H and O–H groups in total. The molecule has 21 heavy (non-hydrogen) atoms. The lowest BCUT2D eigenvalue weighted by Crippen LogP contribution is -2.02. The zero-order valence-corrected chi connectivity index (χ0v) is 10.6. The molecule has 3 heterocycles. The molecule has 4 rings (SSSR count). The SMILES string of the molecule is O=c1oc2ccccc2cc1-c1nc(-c2ccco2)no1. The topological polar surface area (TPSA) is 82.3 Å². The molecule has 102 valence electrons. The van der Waals surface area contributed by atoms with E-state index in [1.54, 1.807) is 30.3 Å². The fourth-order valence-electron chi connectivity index (χ4n) is 2.05. The van der Waals surface area contributed by atoms with Crippen LogP contribution in [0.2, 0.25) is 0 Å². The first-order valence-corrected chi connectivity index (χ1v) is 6.22. The molecule has 6 heteroatoms. The fraction of sp³-hybridized carbons (Fsp3) is 0. The summed E-state index contributed by atoms with van der Waals surface area (Å²) in [4.78, 5) is 16.2. The van der Waals surface area contributed by atoms with Crippen molar-refractivity contribution in [1.29, 1.82) is 0 Å². The minimum Gasteiger partial charge on any atom is -0.461 e. The second-order valence-corrected chi connectivity index (χ2v) is 4.39. The molecule has 0 bridgehead atoms. The fourth-order valence-corrected chi connectivity index (χ4v) is 2.05. The summed E-state index contributed by atoms with van der Waals surface area (Å²) in [5.74, 6) is 0.846. The van der Waals surface area contributed by atoms with Crippen molar-refractivity contribution in [3.63, 3.8) is 0 Å². The van der Waals surface area contributed by atoms with Crippen molar-refractivity contribution >= 4 is 11.0 Å². The highest BCUT2D eigenvalue weighted by Gasteiger charge is 2.16. The van der Waals surface area contributed by atoms with Crippen LogP contribution >= 0.6 is 0 Å². The van der Waals surface area contributed by atoms with Crippen molar-refractivity contribution in [2.75, 3.05) is 0 Å². The van der Waals surface area contributed by atoms with Gasteiger partial charge in [-0.1, -0.05) is 23.4 Å². The summed E-state index contributed by atoms with van der Waals surface area (Å²) in [5.41, 5.74) is 0.208. The Morgan fingerprint density at radius 3 is 2.81 bits per heavy atom. The van der Waals surface area contributed by atoms with Gasteiger partial charge in [-0.2, -0.15) is 4.98 Å². The van der Waals surface area contributed by atoms with Crippen molar-refractivity contribution in [2.45, 2.75) is 0 Å². The first-order chi connectivity index (χ1) is 10.3. The molecular formula is C15H8N2O4. The number of hydrogen-bond acceptors (Lipinski definition) is 6. The lowest BCUT2D eigenvalue weighted by molar-refractivity contribution is 0.427. The molecule has 0 unspecified atom stereocenters. The van der Waals surface area contributed by atoms with Gasteiger partial charge in [0.15, 0.2) is 5.76 Å². The molecule has 0 saturated carbocycles. The molecule has 0 aliphatic heterocycles. The van der Waals surface area contributed by atoms with Crippen LogP contribution in [0.1, 0.15) is 0 Å². The standard InChI is InChI=1S/C15H8N2O4/c18-15-10(8-9-4-1-2-5-11(9)20-15)14-16-13(17-21-14)12-6-3-7-19-12/h1-8H. The van der Waals surface area contributed by atoms with Crippen LogP contribution in [0.15, 0.2) is 66.9 Å². The molecule has 3 aromatic heterocycles. The Morgan fingerprint density at radius 1 is 1.05 bits per heavy atom. The molecule has 1 aromatic carbocycles. The third-order valence-corrected chi connectivity index (χ3v) is 3.04. The van der Waals surface area contributed by atoms with Crippen molar-refractivity contribution in [2.24, 2.45) is 0 Å². The molecule has 0 fully saturated rings. The van der Waals surface area contributed by atoms with E-state index in [9.17, 15) is 4.79 Å². The molecule has 4 aromatic rings. The van der Waals surface area contributed by atoms with Gasteiger partial charge in [0.1, 0.15) is 11.1 Å². The van der Waals surface area contributed by atoms with Gasteiger partial charge in [0, 0.05) is 5.39 Å². The maximum atomic E-state index is 12.0. The molecular weight excluding hydrogens is 272 g/mol. The zero-order valence-electron chi connectivity index (χ0n) is 10.6. The van der Waals surface area contributed by atoms with Gasteiger partial charge in [0.05, 0.1) is 6.26 Å². The van der Waals surface area contributed by atoms with Gasteiger partial charge in [-0.05, 0) is 24.3 Å². The van der Waals surface area contributed by atoms with E-state index >= 15 is 0 Å². The molecule has 6 nitrogen and oxygen atoms in total. The van der Waals surface area contributed by atoms with Crippen LogP contribution in [0.25, 0.3) is 34.0 Å². The average Bonchev–Trinajstić information content (AvgIpc) is 3.17. The van der Waals surface area contributed by atoms with E-state index in [-0.39, 0.29) is 17.3 Å².